The number of nitrogens with one attached hydrogen (secondary N) is 2. The molecule has 2 N–H and O–H groups in total. The van der Waals surface area contributed by atoms with Crippen LogP contribution in [-0.2, 0) is 26.1 Å². The molecule has 1 aromatic carbocycles. The van der Waals surface area contributed by atoms with Crippen LogP contribution in [0.3, 0.4) is 0 Å². The van der Waals surface area contributed by atoms with Gasteiger partial charge in [-0.1, -0.05) is 31.4 Å². The van der Waals surface area contributed by atoms with E-state index in [0.29, 0.717) is 24.2 Å². The molecule has 2 fully saturated rings. The molecule has 3 rings (SSSR count). The van der Waals surface area contributed by atoms with Crippen LogP contribution in [0.4, 0.5) is 5.69 Å². The van der Waals surface area contributed by atoms with E-state index in [0.717, 1.165) is 30.6 Å². The van der Waals surface area contributed by atoms with Gasteiger partial charge in [0.15, 0.2) is 0 Å². The quantitative estimate of drug-likeness (QED) is 0.816. The molecule has 2 atom stereocenters. The van der Waals surface area contributed by atoms with Gasteiger partial charge in [-0.3, -0.25) is 9.00 Å². The van der Waals surface area contributed by atoms with Gasteiger partial charge in [-0.25, -0.2) is 0 Å². The zero-order valence-electron chi connectivity index (χ0n) is 14.4. The monoisotopic (exact) mass is 386 g/mol. The highest BCUT2D eigenvalue weighted by Gasteiger charge is 2.22. The molecule has 5 nitrogen and oxygen atoms in total. The van der Waals surface area contributed by atoms with Crippen LogP contribution < -0.4 is 10.6 Å². The maximum absolute atomic E-state index is 12.5. The molecule has 140 valence electrons. The van der Waals surface area contributed by atoms with E-state index in [1.165, 1.54) is 19.3 Å². The molecule has 2 unspecified atom stereocenters. The van der Waals surface area contributed by atoms with Crippen molar-refractivity contribution in [2.24, 2.45) is 0 Å². The van der Waals surface area contributed by atoms with Crippen LogP contribution in [-0.4, -0.2) is 41.2 Å². The minimum absolute atomic E-state index is 0. The second-order valence-electron chi connectivity index (χ2n) is 6.54. The van der Waals surface area contributed by atoms with Crippen LogP contribution in [0, 0.1) is 0 Å². The number of benzene rings is 1. The number of anilines is 1. The number of carbonyl (C=O) groups excluding carboxylic acids is 1. The van der Waals surface area contributed by atoms with Gasteiger partial charge in [0.2, 0.25) is 0 Å². The fraction of sp³-hybridized carbons (Fsp3) is 0.611. The third kappa shape index (κ3) is 6.06. The van der Waals surface area contributed by atoms with Crippen molar-refractivity contribution in [3.63, 3.8) is 0 Å². The first kappa shape index (κ1) is 20.4. The van der Waals surface area contributed by atoms with Crippen LogP contribution in [0.5, 0.6) is 0 Å². The van der Waals surface area contributed by atoms with E-state index in [1.54, 1.807) is 0 Å². The molecule has 25 heavy (non-hydrogen) atoms. The van der Waals surface area contributed by atoms with Gasteiger partial charge >= 0.3 is 0 Å². The number of carbonyl (C=O) groups is 1. The number of amides is 1. The summed E-state index contributed by atoms with van der Waals surface area (Å²) in [7, 11) is -0.830. The summed E-state index contributed by atoms with van der Waals surface area (Å²) in [5.41, 5.74) is 1.76. The Morgan fingerprint density at radius 1 is 1.28 bits per heavy atom. The van der Waals surface area contributed by atoms with E-state index in [9.17, 15) is 9.00 Å². The number of hydrogen-bond donors (Lipinski definition) is 2. The molecule has 1 saturated heterocycles. The van der Waals surface area contributed by atoms with Gasteiger partial charge in [-0.05, 0) is 30.5 Å². The molecule has 1 aromatic rings. The highest BCUT2D eigenvalue weighted by atomic mass is 35.5. The summed E-state index contributed by atoms with van der Waals surface area (Å²) in [6, 6.07) is 7.67. The number of morpholine rings is 1. The highest BCUT2D eigenvalue weighted by molar-refractivity contribution is 7.84. The molecule has 1 aliphatic heterocycles. The van der Waals surface area contributed by atoms with Gasteiger partial charge in [-0.2, -0.15) is 0 Å². The van der Waals surface area contributed by atoms with E-state index in [1.807, 2.05) is 24.3 Å². The molecule has 1 saturated carbocycles. The van der Waals surface area contributed by atoms with Gasteiger partial charge in [0.1, 0.15) is 6.10 Å². The predicted molar refractivity (Wildman–Crippen MR) is 104 cm³/mol. The van der Waals surface area contributed by atoms with Crippen molar-refractivity contribution < 1.29 is 13.7 Å². The maximum Gasteiger partial charge on any atom is 0.254 e. The Balaban J connectivity index is 0.00000225. The van der Waals surface area contributed by atoms with Crippen molar-refractivity contribution in [3.8, 4) is 0 Å². The zero-order valence-corrected chi connectivity index (χ0v) is 16.0. The number of rotatable bonds is 5. The van der Waals surface area contributed by atoms with Gasteiger partial charge in [-0.15, -0.1) is 12.4 Å². The molecule has 0 radical (unpaired) electrons. The predicted octanol–water partition coefficient (Wildman–Crippen LogP) is 2.62. The summed E-state index contributed by atoms with van der Waals surface area (Å²) in [5, 5.41) is 6.38. The molecule has 1 heterocycles. The Labute approximate surface area is 158 Å². The van der Waals surface area contributed by atoms with Crippen LogP contribution in [0.25, 0.3) is 0 Å². The molecule has 0 aromatic heterocycles. The lowest BCUT2D eigenvalue weighted by atomic mass is 10.0. The van der Waals surface area contributed by atoms with Gasteiger partial charge in [0.05, 0.1) is 6.61 Å². The molecular weight excluding hydrogens is 360 g/mol. The van der Waals surface area contributed by atoms with E-state index < -0.39 is 16.9 Å². The lowest BCUT2D eigenvalue weighted by Crippen LogP contribution is -2.45. The Morgan fingerprint density at radius 2 is 2.08 bits per heavy atom. The van der Waals surface area contributed by atoms with Gasteiger partial charge < -0.3 is 15.4 Å². The first-order chi connectivity index (χ1) is 11.7. The first-order valence-electron chi connectivity index (χ1n) is 8.81. The lowest BCUT2D eigenvalue weighted by Gasteiger charge is -2.23. The van der Waals surface area contributed by atoms with Gasteiger partial charge in [0, 0.05) is 40.6 Å². The summed E-state index contributed by atoms with van der Waals surface area (Å²) in [5.74, 6) is 0.434. The van der Waals surface area contributed by atoms with Crippen LogP contribution in [0.1, 0.15) is 37.7 Å². The van der Waals surface area contributed by atoms with E-state index in [4.69, 9.17) is 4.74 Å². The second kappa shape index (κ2) is 10.3. The Kier molecular flexibility index (Phi) is 8.36. The fourth-order valence-electron chi connectivity index (χ4n) is 3.31. The molecule has 0 bridgehead atoms. The van der Waals surface area contributed by atoms with Crippen molar-refractivity contribution in [1.29, 1.82) is 0 Å². The normalized spacial score (nSPS) is 22.6. The Morgan fingerprint density at radius 3 is 2.80 bits per heavy atom. The molecule has 0 spiro atoms. The van der Waals surface area contributed by atoms with Crippen LogP contribution in [0.15, 0.2) is 24.3 Å². The topological polar surface area (TPSA) is 67.4 Å². The third-order valence-corrected chi connectivity index (χ3v) is 6.48. The third-order valence-electron chi connectivity index (χ3n) is 4.65. The smallest absolute Gasteiger partial charge is 0.254 e. The minimum Gasteiger partial charge on any atom is -0.366 e. The first-order valence-corrected chi connectivity index (χ1v) is 10.2. The molecule has 1 amide bonds. The largest absolute Gasteiger partial charge is 0.366 e. The Bertz CT molecular complexity index is 540. The SMILES string of the molecule is Cl.O=C(Nc1cccc(CS(=O)C2CCCCC2)c1)C1CNCCO1. The standard InChI is InChI=1S/C18H26N2O3S.ClH/c21-18(17-12-19-9-10-23-17)20-15-6-4-5-14(11-15)13-24(22)16-7-2-1-3-8-16;/h4-6,11,16-17,19H,1-3,7-10,12-13H2,(H,20,21);1H. The van der Waals surface area contributed by atoms with E-state index in [2.05, 4.69) is 10.6 Å². The number of hydrogen-bond acceptors (Lipinski definition) is 4. The summed E-state index contributed by atoms with van der Waals surface area (Å²) in [6.45, 7) is 1.88. The number of halogens is 1. The van der Waals surface area contributed by atoms with E-state index in [-0.39, 0.29) is 18.3 Å². The molecular formula is C18H27ClN2O3S. The number of ether oxygens (including phenoxy) is 1. The van der Waals surface area contributed by atoms with Crippen molar-refractivity contribution in [3.05, 3.63) is 29.8 Å². The molecule has 7 heteroatoms. The molecule has 1 aliphatic carbocycles. The van der Waals surface area contributed by atoms with E-state index >= 15 is 0 Å². The zero-order chi connectivity index (χ0) is 16.8. The van der Waals surface area contributed by atoms with Crippen molar-refractivity contribution in [1.82, 2.24) is 5.32 Å². The summed E-state index contributed by atoms with van der Waals surface area (Å²) < 4.78 is 18.0. The highest BCUT2D eigenvalue weighted by Crippen LogP contribution is 2.24. The Hall–Kier alpha value is -0.950. The van der Waals surface area contributed by atoms with Crippen LogP contribution in [0.2, 0.25) is 0 Å². The molecule has 2 aliphatic rings. The average molecular weight is 387 g/mol. The van der Waals surface area contributed by atoms with Crippen molar-refractivity contribution in [2.45, 2.75) is 49.2 Å². The van der Waals surface area contributed by atoms with Crippen molar-refractivity contribution >= 4 is 34.8 Å². The lowest BCUT2D eigenvalue weighted by molar-refractivity contribution is -0.128. The summed E-state index contributed by atoms with van der Waals surface area (Å²) >= 11 is 0. The van der Waals surface area contributed by atoms with Crippen molar-refractivity contribution in [2.75, 3.05) is 25.0 Å². The van der Waals surface area contributed by atoms with Gasteiger partial charge in [0.25, 0.3) is 5.91 Å². The van der Waals surface area contributed by atoms with Crippen LogP contribution >= 0.6 is 12.4 Å². The fourth-order valence-corrected chi connectivity index (χ4v) is 4.91. The maximum atomic E-state index is 12.5. The second-order valence-corrected chi connectivity index (χ2v) is 8.26. The summed E-state index contributed by atoms with van der Waals surface area (Å²) in [4.78, 5) is 12.2. The summed E-state index contributed by atoms with van der Waals surface area (Å²) in [6.07, 6.45) is 5.38. The average Bonchev–Trinajstić information content (AvgIpc) is 2.63. The minimum atomic E-state index is -0.830.